The molecule has 1 amide bonds. The lowest BCUT2D eigenvalue weighted by Gasteiger charge is -2.21. The molecular formula is C22H17BrN4O. The van der Waals surface area contributed by atoms with Gasteiger partial charge in [-0.1, -0.05) is 40.2 Å². The van der Waals surface area contributed by atoms with Crippen LogP contribution in [0.15, 0.2) is 95.7 Å². The van der Waals surface area contributed by atoms with Crippen molar-refractivity contribution in [1.29, 1.82) is 0 Å². The van der Waals surface area contributed by atoms with E-state index >= 15 is 0 Å². The Morgan fingerprint density at radius 3 is 2.39 bits per heavy atom. The molecule has 28 heavy (non-hydrogen) atoms. The number of hydrogen-bond donors (Lipinski definition) is 0. The van der Waals surface area contributed by atoms with Crippen LogP contribution < -0.4 is 4.90 Å². The van der Waals surface area contributed by atoms with Crippen LogP contribution >= 0.6 is 15.9 Å². The number of nitrogens with zero attached hydrogens (tertiary/aromatic N) is 4. The molecule has 0 aliphatic rings. The van der Waals surface area contributed by atoms with Crippen LogP contribution in [0.5, 0.6) is 0 Å². The average molecular weight is 433 g/mol. The Kier molecular flexibility index (Phi) is 5.30. The van der Waals surface area contributed by atoms with Crippen molar-refractivity contribution in [3.63, 3.8) is 0 Å². The lowest BCUT2D eigenvalue weighted by molar-refractivity contribution is 0.0979. The first-order valence-corrected chi connectivity index (χ1v) is 9.58. The second-order valence-corrected chi connectivity index (χ2v) is 7.09. The number of hydrogen-bond acceptors (Lipinski definition) is 3. The van der Waals surface area contributed by atoms with E-state index in [1.54, 1.807) is 28.0 Å². The second-order valence-electron chi connectivity index (χ2n) is 6.17. The topological polar surface area (TPSA) is 51.0 Å². The van der Waals surface area contributed by atoms with Gasteiger partial charge in [-0.05, 0) is 54.6 Å². The van der Waals surface area contributed by atoms with Crippen molar-refractivity contribution in [3.05, 3.63) is 107 Å². The number of halogens is 1. The lowest BCUT2D eigenvalue weighted by atomic mass is 10.2. The highest BCUT2D eigenvalue weighted by atomic mass is 79.9. The van der Waals surface area contributed by atoms with Crippen molar-refractivity contribution < 1.29 is 4.79 Å². The molecule has 0 aliphatic carbocycles. The van der Waals surface area contributed by atoms with E-state index in [1.165, 1.54) is 0 Å². The highest BCUT2D eigenvalue weighted by Gasteiger charge is 2.21. The zero-order valence-electron chi connectivity index (χ0n) is 14.9. The van der Waals surface area contributed by atoms with Crippen molar-refractivity contribution in [2.24, 2.45) is 0 Å². The standard InChI is InChI=1S/C22H17BrN4O/c23-17-9-11-19(12-10-17)26(16-18-6-4-5-14-24-18)22(28)21-13-15-27(25-21)20-7-2-1-3-8-20/h1-15H,16H2. The van der Waals surface area contributed by atoms with Crippen LogP contribution in [0.4, 0.5) is 5.69 Å². The number of carbonyl (C=O) groups excluding carboxylic acids is 1. The number of rotatable bonds is 5. The largest absolute Gasteiger partial charge is 0.301 e. The Labute approximate surface area is 171 Å². The van der Waals surface area contributed by atoms with Crippen LogP contribution in [0.3, 0.4) is 0 Å². The summed E-state index contributed by atoms with van der Waals surface area (Å²) in [6.07, 6.45) is 3.52. The summed E-state index contributed by atoms with van der Waals surface area (Å²) in [4.78, 5) is 19.3. The van der Waals surface area contributed by atoms with Gasteiger partial charge in [0.05, 0.1) is 17.9 Å². The van der Waals surface area contributed by atoms with Crippen LogP contribution in [0, 0.1) is 0 Å². The van der Waals surface area contributed by atoms with Crippen molar-refractivity contribution in [2.75, 3.05) is 4.90 Å². The van der Waals surface area contributed by atoms with E-state index in [0.29, 0.717) is 12.2 Å². The van der Waals surface area contributed by atoms with Gasteiger partial charge >= 0.3 is 0 Å². The third-order valence-corrected chi connectivity index (χ3v) is 4.79. The van der Waals surface area contributed by atoms with Crippen molar-refractivity contribution >= 4 is 27.5 Å². The number of para-hydroxylation sites is 1. The first-order valence-electron chi connectivity index (χ1n) is 8.79. The number of pyridine rings is 1. The molecule has 0 unspecified atom stereocenters. The van der Waals surface area contributed by atoms with E-state index in [1.807, 2.05) is 72.8 Å². The number of benzene rings is 2. The quantitative estimate of drug-likeness (QED) is 0.451. The molecule has 2 aromatic carbocycles. The van der Waals surface area contributed by atoms with Crippen molar-refractivity contribution in [1.82, 2.24) is 14.8 Å². The molecule has 0 saturated heterocycles. The van der Waals surface area contributed by atoms with Crippen LogP contribution in [0.25, 0.3) is 5.69 Å². The molecule has 0 aliphatic heterocycles. The van der Waals surface area contributed by atoms with Crippen molar-refractivity contribution in [3.8, 4) is 5.69 Å². The van der Waals surface area contributed by atoms with Crippen molar-refractivity contribution in [2.45, 2.75) is 6.54 Å². The fourth-order valence-electron chi connectivity index (χ4n) is 2.86. The van der Waals surface area contributed by atoms with Gasteiger partial charge in [0.2, 0.25) is 0 Å². The minimum atomic E-state index is -0.178. The third-order valence-electron chi connectivity index (χ3n) is 4.26. The molecule has 2 aromatic heterocycles. The summed E-state index contributed by atoms with van der Waals surface area (Å²) < 4.78 is 2.66. The average Bonchev–Trinajstić information content (AvgIpc) is 3.24. The summed E-state index contributed by atoms with van der Waals surface area (Å²) in [5.74, 6) is -0.178. The Hall–Kier alpha value is -3.25. The molecule has 0 radical (unpaired) electrons. The number of amides is 1. The second kappa shape index (κ2) is 8.19. The fraction of sp³-hybridized carbons (Fsp3) is 0.0455. The van der Waals surface area contributed by atoms with E-state index in [2.05, 4.69) is 26.0 Å². The molecule has 0 spiro atoms. The molecule has 5 nitrogen and oxygen atoms in total. The molecule has 0 saturated carbocycles. The van der Waals surface area contributed by atoms with E-state index in [0.717, 1.165) is 21.5 Å². The van der Waals surface area contributed by atoms with Gasteiger partial charge in [-0.3, -0.25) is 9.78 Å². The van der Waals surface area contributed by atoms with Gasteiger partial charge in [-0.2, -0.15) is 5.10 Å². The van der Waals surface area contributed by atoms with Gasteiger partial charge in [-0.25, -0.2) is 4.68 Å². The minimum absolute atomic E-state index is 0.178. The highest BCUT2D eigenvalue weighted by molar-refractivity contribution is 9.10. The number of carbonyl (C=O) groups is 1. The summed E-state index contributed by atoms with van der Waals surface area (Å²) in [5, 5.41) is 4.48. The van der Waals surface area contributed by atoms with E-state index in [9.17, 15) is 4.79 Å². The zero-order valence-corrected chi connectivity index (χ0v) is 16.5. The van der Waals surface area contributed by atoms with Gasteiger partial charge in [0.25, 0.3) is 5.91 Å². The van der Waals surface area contributed by atoms with Gasteiger partial charge < -0.3 is 4.90 Å². The van der Waals surface area contributed by atoms with Gasteiger partial charge in [0, 0.05) is 22.6 Å². The van der Waals surface area contributed by atoms with Gasteiger partial charge in [0.1, 0.15) is 0 Å². The Balaban J connectivity index is 1.67. The molecule has 4 aromatic rings. The van der Waals surface area contributed by atoms with Crippen LogP contribution in [-0.2, 0) is 6.54 Å². The van der Waals surface area contributed by atoms with Gasteiger partial charge in [-0.15, -0.1) is 0 Å². The lowest BCUT2D eigenvalue weighted by Crippen LogP contribution is -2.31. The maximum atomic E-state index is 13.3. The highest BCUT2D eigenvalue weighted by Crippen LogP contribution is 2.22. The molecule has 0 N–H and O–H groups in total. The maximum Gasteiger partial charge on any atom is 0.279 e. The summed E-state index contributed by atoms with van der Waals surface area (Å²) >= 11 is 3.44. The Morgan fingerprint density at radius 1 is 0.929 bits per heavy atom. The molecule has 0 fully saturated rings. The van der Waals surface area contributed by atoms with E-state index < -0.39 is 0 Å². The Bertz CT molecular complexity index is 1060. The molecule has 138 valence electrons. The first-order chi connectivity index (χ1) is 13.7. The zero-order chi connectivity index (χ0) is 19.3. The minimum Gasteiger partial charge on any atom is -0.301 e. The fourth-order valence-corrected chi connectivity index (χ4v) is 3.12. The van der Waals surface area contributed by atoms with Crippen LogP contribution in [0.1, 0.15) is 16.2 Å². The first kappa shape index (κ1) is 18.1. The summed E-state index contributed by atoms with van der Waals surface area (Å²) in [5.41, 5.74) is 2.87. The summed E-state index contributed by atoms with van der Waals surface area (Å²) in [7, 11) is 0. The van der Waals surface area contributed by atoms with Gasteiger partial charge in [0.15, 0.2) is 5.69 Å². The smallest absolute Gasteiger partial charge is 0.279 e. The molecular weight excluding hydrogens is 416 g/mol. The predicted molar refractivity (Wildman–Crippen MR) is 112 cm³/mol. The maximum absolute atomic E-state index is 13.3. The predicted octanol–water partition coefficient (Wildman–Crippen LogP) is 4.88. The normalized spacial score (nSPS) is 10.6. The molecule has 2 heterocycles. The molecule has 0 bridgehead atoms. The van der Waals surface area contributed by atoms with E-state index in [4.69, 9.17) is 0 Å². The monoisotopic (exact) mass is 432 g/mol. The SMILES string of the molecule is O=C(c1ccn(-c2ccccc2)n1)N(Cc1ccccn1)c1ccc(Br)cc1. The van der Waals surface area contributed by atoms with Crippen LogP contribution in [0.2, 0.25) is 0 Å². The summed E-state index contributed by atoms with van der Waals surface area (Å²) in [6.45, 7) is 0.361. The van der Waals surface area contributed by atoms with Crippen LogP contribution in [-0.4, -0.2) is 20.7 Å². The number of aromatic nitrogens is 3. The molecule has 4 rings (SSSR count). The number of anilines is 1. The molecule has 6 heteroatoms. The Morgan fingerprint density at radius 2 is 1.68 bits per heavy atom. The third kappa shape index (κ3) is 4.02. The molecule has 0 atom stereocenters. The summed E-state index contributed by atoms with van der Waals surface area (Å²) in [6, 6.07) is 24.8. The van der Waals surface area contributed by atoms with E-state index in [-0.39, 0.29) is 5.91 Å².